The summed E-state index contributed by atoms with van der Waals surface area (Å²) in [5.74, 6) is 0. The molecule has 0 spiro atoms. The Hall–Kier alpha value is -1.32. The Balaban J connectivity index is 2.48. The summed E-state index contributed by atoms with van der Waals surface area (Å²) in [6, 6.07) is 13.3. The minimum atomic E-state index is -0.703. The highest BCUT2D eigenvalue weighted by Gasteiger charge is 2.16. The molecule has 0 aliphatic rings. The fourth-order valence-electron chi connectivity index (χ4n) is 1.81. The van der Waals surface area contributed by atoms with Crippen LogP contribution >= 0.6 is 15.9 Å². The van der Waals surface area contributed by atoms with Gasteiger partial charge in [-0.25, -0.2) is 0 Å². The fourth-order valence-corrected chi connectivity index (χ4v) is 2.31. The molecule has 3 heteroatoms. The van der Waals surface area contributed by atoms with Gasteiger partial charge in [0.2, 0.25) is 0 Å². The van der Waals surface area contributed by atoms with Crippen molar-refractivity contribution in [3.8, 4) is 0 Å². The van der Waals surface area contributed by atoms with Crippen LogP contribution in [0.4, 0.5) is 5.69 Å². The van der Waals surface area contributed by atoms with Crippen LogP contribution in [-0.2, 0) is 0 Å². The quantitative estimate of drug-likeness (QED) is 0.833. The molecule has 88 valence electrons. The van der Waals surface area contributed by atoms with Gasteiger partial charge >= 0.3 is 0 Å². The van der Waals surface area contributed by atoms with Crippen LogP contribution in [0, 0.1) is 6.92 Å². The number of halogens is 1. The first-order chi connectivity index (χ1) is 8.11. The second-order valence-electron chi connectivity index (χ2n) is 4.00. The molecular weight excluding hydrogens is 278 g/mol. The Kier molecular flexibility index (Phi) is 3.50. The van der Waals surface area contributed by atoms with Crippen LogP contribution in [0.3, 0.4) is 0 Å². The van der Waals surface area contributed by atoms with Gasteiger partial charge in [0.05, 0.1) is 0 Å². The Bertz CT molecular complexity index is 539. The summed E-state index contributed by atoms with van der Waals surface area (Å²) in [5, 5.41) is 10.4. The van der Waals surface area contributed by atoms with Gasteiger partial charge in [0.1, 0.15) is 6.10 Å². The van der Waals surface area contributed by atoms with Crippen molar-refractivity contribution < 1.29 is 5.11 Å². The SMILES string of the molecule is Cc1cccc(C(O)c2ccccc2Br)c1N. The van der Waals surface area contributed by atoms with E-state index in [1.165, 1.54) is 0 Å². The molecule has 2 aromatic carbocycles. The van der Waals surface area contributed by atoms with Crippen molar-refractivity contribution in [1.29, 1.82) is 0 Å². The molecule has 3 N–H and O–H groups in total. The van der Waals surface area contributed by atoms with Crippen LogP contribution in [0.5, 0.6) is 0 Å². The van der Waals surface area contributed by atoms with Gasteiger partial charge in [-0.3, -0.25) is 0 Å². The number of benzene rings is 2. The number of nitrogen functional groups attached to an aromatic ring is 1. The molecule has 0 saturated carbocycles. The largest absolute Gasteiger partial charge is 0.398 e. The molecule has 0 radical (unpaired) electrons. The molecule has 0 aliphatic heterocycles. The Morgan fingerprint density at radius 1 is 1.06 bits per heavy atom. The third kappa shape index (κ3) is 2.35. The second-order valence-corrected chi connectivity index (χ2v) is 4.86. The number of rotatable bonds is 2. The summed E-state index contributed by atoms with van der Waals surface area (Å²) >= 11 is 3.44. The molecule has 0 heterocycles. The molecule has 0 bridgehead atoms. The van der Waals surface area contributed by atoms with Crippen LogP contribution in [0.2, 0.25) is 0 Å². The fraction of sp³-hybridized carbons (Fsp3) is 0.143. The molecule has 17 heavy (non-hydrogen) atoms. The first-order valence-electron chi connectivity index (χ1n) is 5.38. The molecule has 0 fully saturated rings. The zero-order valence-electron chi connectivity index (χ0n) is 9.52. The number of hydrogen-bond acceptors (Lipinski definition) is 2. The minimum absolute atomic E-state index is 0.649. The number of aliphatic hydroxyl groups is 1. The average molecular weight is 292 g/mol. The molecule has 1 atom stereocenters. The Morgan fingerprint density at radius 3 is 2.41 bits per heavy atom. The van der Waals surface area contributed by atoms with E-state index in [-0.39, 0.29) is 0 Å². The van der Waals surface area contributed by atoms with E-state index in [0.29, 0.717) is 5.69 Å². The first kappa shape index (κ1) is 12.1. The van der Waals surface area contributed by atoms with Crippen molar-refractivity contribution in [2.24, 2.45) is 0 Å². The molecule has 0 saturated heterocycles. The minimum Gasteiger partial charge on any atom is -0.398 e. The Labute approximate surface area is 109 Å². The molecular formula is C14H14BrNO. The standard InChI is InChI=1S/C14H14BrNO/c1-9-5-4-7-11(13(9)16)14(17)10-6-2-3-8-12(10)15/h2-8,14,17H,16H2,1H3. The maximum absolute atomic E-state index is 10.4. The summed E-state index contributed by atoms with van der Waals surface area (Å²) < 4.78 is 0.883. The van der Waals surface area contributed by atoms with Crippen molar-refractivity contribution >= 4 is 21.6 Å². The van der Waals surface area contributed by atoms with Gasteiger partial charge < -0.3 is 10.8 Å². The summed E-state index contributed by atoms with van der Waals surface area (Å²) in [6.45, 7) is 1.94. The van der Waals surface area contributed by atoms with Gasteiger partial charge in [0.15, 0.2) is 0 Å². The Morgan fingerprint density at radius 2 is 1.71 bits per heavy atom. The van der Waals surface area contributed by atoms with E-state index in [9.17, 15) is 5.11 Å². The van der Waals surface area contributed by atoms with E-state index >= 15 is 0 Å². The number of aliphatic hydroxyl groups excluding tert-OH is 1. The predicted molar refractivity (Wildman–Crippen MR) is 73.8 cm³/mol. The lowest BCUT2D eigenvalue weighted by Crippen LogP contribution is -2.05. The van der Waals surface area contributed by atoms with Crippen LogP contribution < -0.4 is 5.73 Å². The van der Waals surface area contributed by atoms with Gasteiger partial charge in [0, 0.05) is 15.7 Å². The third-order valence-corrected chi connectivity index (χ3v) is 3.57. The van der Waals surface area contributed by atoms with E-state index in [1.54, 1.807) is 0 Å². The van der Waals surface area contributed by atoms with Gasteiger partial charge in [-0.05, 0) is 24.1 Å². The zero-order valence-corrected chi connectivity index (χ0v) is 11.1. The smallest absolute Gasteiger partial charge is 0.107 e. The highest BCUT2D eigenvalue weighted by atomic mass is 79.9. The van der Waals surface area contributed by atoms with Crippen molar-refractivity contribution in [2.45, 2.75) is 13.0 Å². The van der Waals surface area contributed by atoms with E-state index in [4.69, 9.17) is 5.73 Å². The number of nitrogens with two attached hydrogens (primary N) is 1. The summed E-state index contributed by atoms with van der Waals surface area (Å²) in [4.78, 5) is 0. The number of hydrogen-bond donors (Lipinski definition) is 2. The van der Waals surface area contributed by atoms with Crippen LogP contribution in [0.1, 0.15) is 22.8 Å². The number of para-hydroxylation sites is 1. The lowest BCUT2D eigenvalue weighted by Gasteiger charge is -2.16. The van der Waals surface area contributed by atoms with Crippen LogP contribution in [-0.4, -0.2) is 5.11 Å². The highest BCUT2D eigenvalue weighted by Crippen LogP contribution is 2.32. The van der Waals surface area contributed by atoms with Crippen molar-refractivity contribution in [3.05, 3.63) is 63.6 Å². The molecule has 0 aromatic heterocycles. The van der Waals surface area contributed by atoms with Crippen molar-refractivity contribution in [3.63, 3.8) is 0 Å². The van der Waals surface area contributed by atoms with E-state index < -0.39 is 6.10 Å². The lowest BCUT2D eigenvalue weighted by atomic mass is 9.98. The monoisotopic (exact) mass is 291 g/mol. The number of anilines is 1. The zero-order chi connectivity index (χ0) is 12.4. The second kappa shape index (κ2) is 4.90. The summed E-state index contributed by atoms with van der Waals surface area (Å²) in [6.07, 6.45) is -0.703. The van der Waals surface area contributed by atoms with E-state index in [0.717, 1.165) is 21.2 Å². The van der Waals surface area contributed by atoms with Gasteiger partial charge in [-0.1, -0.05) is 52.3 Å². The maximum atomic E-state index is 10.4. The highest BCUT2D eigenvalue weighted by molar-refractivity contribution is 9.10. The van der Waals surface area contributed by atoms with Gasteiger partial charge in [-0.15, -0.1) is 0 Å². The molecule has 2 nitrogen and oxygen atoms in total. The summed E-state index contributed by atoms with van der Waals surface area (Å²) in [7, 11) is 0. The average Bonchev–Trinajstić information content (AvgIpc) is 2.32. The van der Waals surface area contributed by atoms with Crippen molar-refractivity contribution in [2.75, 3.05) is 5.73 Å². The van der Waals surface area contributed by atoms with E-state index in [1.807, 2.05) is 49.4 Å². The molecule has 2 aromatic rings. The molecule has 0 amide bonds. The molecule has 2 rings (SSSR count). The first-order valence-corrected chi connectivity index (χ1v) is 6.18. The van der Waals surface area contributed by atoms with Crippen LogP contribution in [0.25, 0.3) is 0 Å². The normalized spacial score (nSPS) is 12.4. The predicted octanol–water partition coefficient (Wildman–Crippen LogP) is 3.42. The number of aryl methyl sites for hydroxylation is 1. The van der Waals surface area contributed by atoms with Crippen molar-refractivity contribution in [1.82, 2.24) is 0 Å². The van der Waals surface area contributed by atoms with Gasteiger partial charge in [0.25, 0.3) is 0 Å². The topological polar surface area (TPSA) is 46.2 Å². The third-order valence-electron chi connectivity index (χ3n) is 2.85. The summed E-state index contributed by atoms with van der Waals surface area (Å²) in [5.41, 5.74) is 9.20. The van der Waals surface area contributed by atoms with Gasteiger partial charge in [-0.2, -0.15) is 0 Å². The lowest BCUT2D eigenvalue weighted by molar-refractivity contribution is 0.220. The maximum Gasteiger partial charge on any atom is 0.107 e. The molecule has 0 aliphatic carbocycles. The van der Waals surface area contributed by atoms with Crippen LogP contribution in [0.15, 0.2) is 46.9 Å². The van der Waals surface area contributed by atoms with E-state index in [2.05, 4.69) is 15.9 Å². The molecule has 1 unspecified atom stereocenters.